The molecule has 1 aliphatic rings. The van der Waals surface area contributed by atoms with Crippen molar-refractivity contribution in [2.75, 3.05) is 13.1 Å². The number of urea groups is 1. The fraction of sp³-hybridized carbons (Fsp3) is 0.643. The summed E-state index contributed by atoms with van der Waals surface area (Å²) >= 11 is 0. The Kier molecular flexibility index (Phi) is 5.19. The van der Waals surface area contributed by atoms with Gasteiger partial charge in [-0.05, 0) is 25.7 Å². The largest absolute Gasteiger partial charge is 0.480 e. The average Bonchev–Trinajstić information content (AvgIpc) is 2.89. The number of aliphatic carboxylic acids is 1. The average molecular weight is 294 g/mol. The fourth-order valence-corrected chi connectivity index (χ4v) is 2.40. The molecule has 2 amide bonds. The van der Waals surface area contributed by atoms with Crippen molar-refractivity contribution in [3.05, 3.63) is 18.2 Å². The molecule has 1 heterocycles. The lowest BCUT2D eigenvalue weighted by Gasteiger charge is -2.32. The maximum Gasteiger partial charge on any atom is 0.326 e. The smallest absolute Gasteiger partial charge is 0.326 e. The molecule has 21 heavy (non-hydrogen) atoms. The van der Waals surface area contributed by atoms with E-state index in [2.05, 4.69) is 15.3 Å². The highest BCUT2D eigenvalue weighted by Crippen LogP contribution is 2.27. The molecular formula is C14H22N4O3. The van der Waals surface area contributed by atoms with Crippen molar-refractivity contribution >= 4 is 12.0 Å². The van der Waals surface area contributed by atoms with E-state index in [4.69, 9.17) is 0 Å². The third kappa shape index (κ3) is 4.21. The number of H-pyrrole nitrogens is 1. The first kappa shape index (κ1) is 15.3. The predicted octanol–water partition coefficient (Wildman–Crippen LogP) is 1.24. The highest BCUT2D eigenvalue weighted by molar-refractivity contribution is 5.82. The highest BCUT2D eigenvalue weighted by Gasteiger charge is 2.26. The molecule has 3 N–H and O–H groups in total. The Morgan fingerprint density at radius 2 is 2.33 bits per heavy atom. The van der Waals surface area contributed by atoms with Gasteiger partial charge in [0, 0.05) is 31.4 Å². The number of carbonyl (C=O) groups excluding carboxylic acids is 1. The Morgan fingerprint density at radius 3 is 2.81 bits per heavy atom. The summed E-state index contributed by atoms with van der Waals surface area (Å²) in [6, 6.07) is -1.26. The van der Waals surface area contributed by atoms with Crippen LogP contribution >= 0.6 is 0 Å². The normalized spacial score (nSPS) is 16.0. The Balaban J connectivity index is 1.91. The summed E-state index contributed by atoms with van der Waals surface area (Å²) in [5.74, 6) is -0.482. The molecule has 0 unspecified atom stereocenters. The number of amides is 2. The van der Waals surface area contributed by atoms with E-state index in [1.165, 1.54) is 12.7 Å². The first-order valence-corrected chi connectivity index (χ1v) is 7.35. The maximum absolute atomic E-state index is 12.2. The van der Waals surface area contributed by atoms with Gasteiger partial charge in [-0.2, -0.15) is 0 Å². The molecule has 1 aliphatic carbocycles. The zero-order chi connectivity index (χ0) is 15.2. The van der Waals surface area contributed by atoms with Crippen molar-refractivity contribution < 1.29 is 14.7 Å². The molecule has 116 valence electrons. The van der Waals surface area contributed by atoms with Crippen LogP contribution in [0.5, 0.6) is 0 Å². The van der Waals surface area contributed by atoms with E-state index in [0.29, 0.717) is 24.7 Å². The number of carboxylic acid groups (broad SMARTS) is 1. The zero-order valence-electron chi connectivity index (χ0n) is 12.2. The molecule has 1 fully saturated rings. The second-order valence-electron chi connectivity index (χ2n) is 5.46. The quantitative estimate of drug-likeness (QED) is 0.704. The van der Waals surface area contributed by atoms with Gasteiger partial charge in [0.2, 0.25) is 0 Å². The van der Waals surface area contributed by atoms with E-state index in [1.807, 2.05) is 6.92 Å². The van der Waals surface area contributed by atoms with Gasteiger partial charge in [0.05, 0.1) is 6.33 Å². The van der Waals surface area contributed by atoms with Crippen LogP contribution in [0.1, 0.15) is 31.9 Å². The number of nitrogens with zero attached hydrogens (tertiary/aromatic N) is 2. The van der Waals surface area contributed by atoms with E-state index in [1.54, 1.807) is 11.1 Å². The molecule has 1 aromatic heterocycles. The zero-order valence-corrected chi connectivity index (χ0v) is 12.2. The number of carboxylic acids is 1. The molecular weight excluding hydrogens is 272 g/mol. The summed E-state index contributed by atoms with van der Waals surface area (Å²) in [5.41, 5.74) is 0.685. The Hall–Kier alpha value is -2.05. The van der Waals surface area contributed by atoms with Crippen LogP contribution in [-0.4, -0.2) is 51.1 Å². The molecule has 1 atom stereocenters. The van der Waals surface area contributed by atoms with Gasteiger partial charge in [0.25, 0.3) is 0 Å². The van der Waals surface area contributed by atoms with Gasteiger partial charge in [-0.15, -0.1) is 0 Å². The van der Waals surface area contributed by atoms with Crippen molar-refractivity contribution in [2.24, 2.45) is 5.92 Å². The van der Waals surface area contributed by atoms with Crippen molar-refractivity contribution in [1.82, 2.24) is 20.2 Å². The maximum atomic E-state index is 12.2. The standard InChI is InChI=1S/C14H22N4O3/c1-2-18(8-10-4-3-5-10)14(21)17-12(13(19)20)6-11-7-15-9-16-11/h7,9-10,12H,2-6,8H2,1H3,(H,15,16)(H,17,21)(H,19,20)/t12-/m1/s1. The van der Waals surface area contributed by atoms with Crippen molar-refractivity contribution in [2.45, 2.75) is 38.6 Å². The second-order valence-corrected chi connectivity index (χ2v) is 5.46. The lowest BCUT2D eigenvalue weighted by atomic mass is 9.85. The minimum atomic E-state index is -1.04. The number of imidazole rings is 1. The number of aromatic nitrogens is 2. The van der Waals surface area contributed by atoms with Gasteiger partial charge < -0.3 is 20.3 Å². The molecule has 0 radical (unpaired) electrons. The van der Waals surface area contributed by atoms with Gasteiger partial charge in [-0.25, -0.2) is 14.6 Å². The number of nitrogens with one attached hydrogen (secondary N) is 2. The van der Waals surface area contributed by atoms with Crippen LogP contribution in [0.4, 0.5) is 4.79 Å². The van der Waals surface area contributed by atoms with Crippen molar-refractivity contribution in [3.8, 4) is 0 Å². The van der Waals surface area contributed by atoms with E-state index >= 15 is 0 Å². The third-order valence-electron chi connectivity index (χ3n) is 3.95. The second kappa shape index (κ2) is 7.10. The molecule has 7 nitrogen and oxygen atoms in total. The molecule has 0 saturated heterocycles. The lowest BCUT2D eigenvalue weighted by Crippen LogP contribution is -2.50. The number of hydrogen-bond acceptors (Lipinski definition) is 3. The van der Waals surface area contributed by atoms with Gasteiger partial charge in [0.15, 0.2) is 0 Å². The van der Waals surface area contributed by atoms with Crippen LogP contribution in [0.3, 0.4) is 0 Å². The summed E-state index contributed by atoms with van der Waals surface area (Å²) in [6.07, 6.45) is 6.78. The van der Waals surface area contributed by atoms with Crippen LogP contribution in [0.15, 0.2) is 12.5 Å². The number of hydrogen-bond donors (Lipinski definition) is 3. The van der Waals surface area contributed by atoms with Crippen LogP contribution < -0.4 is 5.32 Å². The van der Waals surface area contributed by atoms with Crippen molar-refractivity contribution in [3.63, 3.8) is 0 Å². The monoisotopic (exact) mass is 294 g/mol. The summed E-state index contributed by atoms with van der Waals surface area (Å²) in [6.45, 7) is 3.19. The molecule has 0 aliphatic heterocycles. The molecule has 0 bridgehead atoms. The minimum absolute atomic E-state index is 0.196. The fourth-order valence-electron chi connectivity index (χ4n) is 2.40. The van der Waals surface area contributed by atoms with E-state index in [9.17, 15) is 14.7 Å². The summed E-state index contributed by atoms with van der Waals surface area (Å²) < 4.78 is 0. The van der Waals surface area contributed by atoms with E-state index < -0.39 is 12.0 Å². The van der Waals surface area contributed by atoms with Gasteiger partial charge in [-0.1, -0.05) is 6.42 Å². The van der Waals surface area contributed by atoms with Crippen LogP contribution in [0.25, 0.3) is 0 Å². The van der Waals surface area contributed by atoms with Crippen molar-refractivity contribution in [1.29, 1.82) is 0 Å². The Morgan fingerprint density at radius 1 is 1.57 bits per heavy atom. The van der Waals surface area contributed by atoms with E-state index in [0.717, 1.165) is 12.8 Å². The molecule has 0 spiro atoms. The molecule has 2 rings (SSSR count). The SMILES string of the molecule is CCN(CC1CCC1)C(=O)N[C@H](Cc1cnc[nH]1)C(=O)O. The van der Waals surface area contributed by atoms with Crippen LogP contribution in [-0.2, 0) is 11.2 Å². The minimum Gasteiger partial charge on any atom is -0.480 e. The molecule has 1 saturated carbocycles. The Bertz CT molecular complexity index is 471. The topological polar surface area (TPSA) is 98.3 Å². The molecule has 7 heteroatoms. The first-order chi connectivity index (χ1) is 10.1. The lowest BCUT2D eigenvalue weighted by molar-refractivity contribution is -0.139. The highest BCUT2D eigenvalue weighted by atomic mass is 16.4. The van der Waals surface area contributed by atoms with Gasteiger partial charge >= 0.3 is 12.0 Å². The molecule has 1 aromatic rings. The third-order valence-corrected chi connectivity index (χ3v) is 3.95. The molecule has 0 aromatic carbocycles. The summed E-state index contributed by atoms with van der Waals surface area (Å²) in [4.78, 5) is 31.9. The van der Waals surface area contributed by atoms with Crippen LogP contribution in [0, 0.1) is 5.92 Å². The predicted molar refractivity (Wildman–Crippen MR) is 76.8 cm³/mol. The van der Waals surface area contributed by atoms with E-state index in [-0.39, 0.29) is 12.5 Å². The first-order valence-electron chi connectivity index (χ1n) is 7.35. The number of aromatic amines is 1. The van der Waals surface area contributed by atoms with Gasteiger partial charge in [-0.3, -0.25) is 0 Å². The summed E-state index contributed by atoms with van der Waals surface area (Å²) in [5, 5.41) is 11.8. The summed E-state index contributed by atoms with van der Waals surface area (Å²) in [7, 11) is 0. The number of rotatable bonds is 7. The Labute approximate surface area is 123 Å². The van der Waals surface area contributed by atoms with Crippen LogP contribution in [0.2, 0.25) is 0 Å². The number of carbonyl (C=O) groups is 2. The van der Waals surface area contributed by atoms with Gasteiger partial charge in [0.1, 0.15) is 6.04 Å².